The summed E-state index contributed by atoms with van der Waals surface area (Å²) in [4.78, 5) is 0. The standard InChI is InChI=1S/C22H45O/c1-3-5-7-9-11-13-14-16-18-20-22-23-21-19-17-15-12-10-8-6-4-2/h22H,3-21H2,1-2H3. The first kappa shape index (κ1) is 23.0. The van der Waals surface area contributed by atoms with Crippen LogP contribution in [0.15, 0.2) is 0 Å². The highest BCUT2D eigenvalue weighted by molar-refractivity contribution is 4.54. The lowest BCUT2D eigenvalue weighted by atomic mass is 10.1. The van der Waals surface area contributed by atoms with Crippen LogP contribution >= 0.6 is 0 Å². The molecule has 0 aliphatic heterocycles. The molecule has 0 rings (SSSR count). The van der Waals surface area contributed by atoms with E-state index in [-0.39, 0.29) is 0 Å². The molecule has 139 valence electrons. The lowest BCUT2D eigenvalue weighted by molar-refractivity contribution is 0.183. The molecule has 0 aromatic carbocycles. The Balaban J connectivity index is 2.92. The van der Waals surface area contributed by atoms with Crippen LogP contribution in [0.4, 0.5) is 0 Å². The van der Waals surface area contributed by atoms with Gasteiger partial charge in [-0.3, -0.25) is 0 Å². The fourth-order valence-corrected chi connectivity index (χ4v) is 3.02. The minimum absolute atomic E-state index is 0.937. The van der Waals surface area contributed by atoms with E-state index in [1.54, 1.807) is 0 Å². The predicted octanol–water partition coefficient (Wildman–Crippen LogP) is 8.23. The lowest BCUT2D eigenvalue weighted by Crippen LogP contribution is -1.92. The van der Waals surface area contributed by atoms with Crippen molar-refractivity contribution in [3.8, 4) is 0 Å². The average molecular weight is 326 g/mol. The third kappa shape index (κ3) is 22.0. The number of ether oxygens (including phenoxy) is 1. The molecule has 1 nitrogen and oxygen atoms in total. The Hall–Kier alpha value is -0.0400. The zero-order valence-electron chi connectivity index (χ0n) is 16.4. The van der Waals surface area contributed by atoms with Crippen LogP contribution in [-0.4, -0.2) is 6.61 Å². The van der Waals surface area contributed by atoms with Crippen molar-refractivity contribution in [3.05, 3.63) is 6.61 Å². The van der Waals surface area contributed by atoms with E-state index in [4.69, 9.17) is 4.74 Å². The van der Waals surface area contributed by atoms with Crippen LogP contribution in [0.1, 0.15) is 129 Å². The average Bonchev–Trinajstić information content (AvgIpc) is 2.57. The number of unbranched alkanes of at least 4 members (excludes halogenated alkanes) is 16. The fourth-order valence-electron chi connectivity index (χ4n) is 3.02. The second-order valence-corrected chi connectivity index (χ2v) is 7.13. The zero-order valence-corrected chi connectivity index (χ0v) is 16.4. The van der Waals surface area contributed by atoms with Crippen molar-refractivity contribution < 1.29 is 4.74 Å². The molecule has 0 spiro atoms. The first-order valence-electron chi connectivity index (χ1n) is 10.8. The summed E-state index contributed by atoms with van der Waals surface area (Å²) >= 11 is 0. The van der Waals surface area contributed by atoms with Crippen LogP contribution in [-0.2, 0) is 4.74 Å². The molecule has 0 bridgehead atoms. The molecule has 0 atom stereocenters. The molecular formula is C22H45O. The number of hydrogen-bond acceptors (Lipinski definition) is 1. The van der Waals surface area contributed by atoms with Crippen LogP contribution in [0.3, 0.4) is 0 Å². The first-order chi connectivity index (χ1) is 11.4. The topological polar surface area (TPSA) is 9.23 Å². The van der Waals surface area contributed by atoms with E-state index in [0.717, 1.165) is 13.0 Å². The molecule has 0 aliphatic rings. The van der Waals surface area contributed by atoms with Gasteiger partial charge in [0.25, 0.3) is 0 Å². The van der Waals surface area contributed by atoms with E-state index in [1.807, 2.05) is 0 Å². The van der Waals surface area contributed by atoms with E-state index in [9.17, 15) is 0 Å². The SMILES string of the molecule is CCCCCCCCCCC[CH]OCCCCCCCCCC. The molecule has 0 unspecified atom stereocenters. The molecule has 0 N–H and O–H groups in total. The Morgan fingerprint density at radius 2 is 0.870 bits per heavy atom. The zero-order chi connectivity index (χ0) is 16.8. The van der Waals surface area contributed by atoms with Crippen molar-refractivity contribution in [2.24, 2.45) is 0 Å². The van der Waals surface area contributed by atoms with Gasteiger partial charge in [-0.05, 0) is 12.8 Å². The van der Waals surface area contributed by atoms with Crippen molar-refractivity contribution in [1.29, 1.82) is 0 Å². The number of rotatable bonds is 20. The van der Waals surface area contributed by atoms with Gasteiger partial charge in [-0.1, -0.05) is 117 Å². The van der Waals surface area contributed by atoms with Crippen molar-refractivity contribution in [2.45, 2.75) is 129 Å². The Morgan fingerprint density at radius 1 is 0.478 bits per heavy atom. The quantitative estimate of drug-likeness (QED) is 0.205. The summed E-state index contributed by atoms with van der Waals surface area (Å²) in [6.07, 6.45) is 24.8. The maximum Gasteiger partial charge on any atom is 0.0836 e. The van der Waals surface area contributed by atoms with E-state index < -0.39 is 0 Å². The van der Waals surface area contributed by atoms with Crippen molar-refractivity contribution in [1.82, 2.24) is 0 Å². The van der Waals surface area contributed by atoms with Crippen molar-refractivity contribution in [3.63, 3.8) is 0 Å². The van der Waals surface area contributed by atoms with E-state index in [0.29, 0.717) is 0 Å². The highest BCUT2D eigenvalue weighted by Crippen LogP contribution is 2.12. The van der Waals surface area contributed by atoms with Crippen LogP contribution in [0.2, 0.25) is 0 Å². The molecule has 0 heterocycles. The highest BCUT2D eigenvalue weighted by Gasteiger charge is 1.95. The van der Waals surface area contributed by atoms with Gasteiger partial charge >= 0.3 is 0 Å². The molecule has 0 saturated carbocycles. The monoisotopic (exact) mass is 325 g/mol. The largest absolute Gasteiger partial charge is 0.376 e. The molecule has 0 saturated heterocycles. The summed E-state index contributed by atoms with van der Waals surface area (Å²) in [5.41, 5.74) is 0. The third-order valence-corrected chi connectivity index (χ3v) is 4.66. The molecule has 0 fully saturated rings. The maximum atomic E-state index is 5.63. The van der Waals surface area contributed by atoms with Gasteiger partial charge in [0.2, 0.25) is 0 Å². The highest BCUT2D eigenvalue weighted by atomic mass is 16.5. The van der Waals surface area contributed by atoms with Gasteiger partial charge in [0.05, 0.1) is 6.61 Å². The second-order valence-electron chi connectivity index (χ2n) is 7.13. The predicted molar refractivity (Wildman–Crippen MR) is 105 cm³/mol. The van der Waals surface area contributed by atoms with Gasteiger partial charge in [0.1, 0.15) is 0 Å². The Morgan fingerprint density at radius 3 is 1.35 bits per heavy atom. The molecule has 0 aliphatic carbocycles. The van der Waals surface area contributed by atoms with Crippen LogP contribution < -0.4 is 0 Å². The van der Waals surface area contributed by atoms with Gasteiger partial charge in [0, 0.05) is 6.61 Å². The first-order valence-corrected chi connectivity index (χ1v) is 10.8. The molecule has 1 radical (unpaired) electrons. The minimum Gasteiger partial charge on any atom is -0.376 e. The van der Waals surface area contributed by atoms with Gasteiger partial charge in [-0.2, -0.15) is 0 Å². The van der Waals surface area contributed by atoms with Gasteiger partial charge in [0.15, 0.2) is 0 Å². The van der Waals surface area contributed by atoms with Crippen molar-refractivity contribution in [2.75, 3.05) is 6.61 Å². The summed E-state index contributed by atoms with van der Waals surface area (Å²) in [5, 5.41) is 0. The summed E-state index contributed by atoms with van der Waals surface area (Å²) < 4.78 is 5.63. The fraction of sp³-hybridized carbons (Fsp3) is 0.955. The lowest BCUT2D eigenvalue weighted by Gasteiger charge is -2.04. The van der Waals surface area contributed by atoms with E-state index >= 15 is 0 Å². The molecule has 23 heavy (non-hydrogen) atoms. The molecule has 1 heteroatoms. The van der Waals surface area contributed by atoms with Gasteiger partial charge in [-0.15, -0.1) is 0 Å². The Bertz CT molecular complexity index is 170. The maximum absolute atomic E-state index is 5.63. The molecular weight excluding hydrogens is 280 g/mol. The smallest absolute Gasteiger partial charge is 0.0836 e. The van der Waals surface area contributed by atoms with E-state index in [2.05, 4.69) is 20.5 Å². The molecule has 0 aromatic rings. The number of hydrogen-bond donors (Lipinski definition) is 0. The van der Waals surface area contributed by atoms with Crippen LogP contribution in [0, 0.1) is 6.61 Å². The molecule has 0 amide bonds. The summed E-state index contributed by atoms with van der Waals surface area (Å²) in [6, 6.07) is 0. The van der Waals surface area contributed by atoms with Gasteiger partial charge < -0.3 is 4.74 Å². The Kier molecular flexibility index (Phi) is 21.9. The van der Waals surface area contributed by atoms with Gasteiger partial charge in [-0.25, -0.2) is 0 Å². The summed E-state index contributed by atoms with van der Waals surface area (Å²) in [5.74, 6) is 0. The normalized spacial score (nSPS) is 11.2. The van der Waals surface area contributed by atoms with Crippen LogP contribution in [0.25, 0.3) is 0 Å². The Labute approximate surface area is 148 Å². The van der Waals surface area contributed by atoms with Crippen molar-refractivity contribution >= 4 is 0 Å². The third-order valence-electron chi connectivity index (χ3n) is 4.66. The minimum atomic E-state index is 0.937. The van der Waals surface area contributed by atoms with Crippen LogP contribution in [0.5, 0.6) is 0 Å². The summed E-state index contributed by atoms with van der Waals surface area (Å²) in [7, 11) is 0. The molecule has 0 aromatic heterocycles. The summed E-state index contributed by atoms with van der Waals surface area (Å²) in [6.45, 7) is 7.56. The van der Waals surface area contributed by atoms with E-state index in [1.165, 1.54) is 109 Å². The second kappa shape index (κ2) is 22.0.